The largest absolute Gasteiger partial charge is 0.369 e. The fraction of sp³-hybridized carbons (Fsp3) is 0.467. The molecule has 0 amide bonds. The van der Waals surface area contributed by atoms with Crippen LogP contribution in [0.3, 0.4) is 0 Å². The molecule has 0 unspecified atom stereocenters. The highest BCUT2D eigenvalue weighted by atomic mass is 32.2. The molecule has 3 rings (SSSR count). The average Bonchev–Trinajstić information content (AvgIpc) is 2.56. The Hall–Kier alpha value is -2.20. The maximum atomic E-state index is 14.1. The van der Waals surface area contributed by atoms with E-state index in [1.165, 1.54) is 19.2 Å². The van der Waals surface area contributed by atoms with Crippen LogP contribution < -0.4 is 21.1 Å². The first-order valence-corrected chi connectivity index (χ1v) is 9.50. The summed E-state index contributed by atoms with van der Waals surface area (Å²) >= 11 is 0. The van der Waals surface area contributed by atoms with Crippen molar-refractivity contribution in [3.8, 4) is 0 Å². The van der Waals surface area contributed by atoms with E-state index in [9.17, 15) is 12.8 Å². The van der Waals surface area contributed by atoms with E-state index in [0.29, 0.717) is 18.5 Å². The molecule has 1 aliphatic heterocycles. The van der Waals surface area contributed by atoms with Crippen LogP contribution in [-0.2, 0) is 10.0 Å². The second kappa shape index (κ2) is 6.26. The van der Waals surface area contributed by atoms with Gasteiger partial charge in [0.15, 0.2) is 0 Å². The summed E-state index contributed by atoms with van der Waals surface area (Å²) < 4.78 is 40.3. The SMILES string of the molecule is CNS(=O)(=O)c1cc(N2C(N)=NC(N)=NC23CCCCC3)ccc1F. The van der Waals surface area contributed by atoms with Gasteiger partial charge in [0.05, 0.1) is 0 Å². The third kappa shape index (κ3) is 3.07. The monoisotopic (exact) mass is 368 g/mol. The van der Waals surface area contributed by atoms with Gasteiger partial charge < -0.3 is 11.5 Å². The van der Waals surface area contributed by atoms with E-state index in [2.05, 4.69) is 14.7 Å². The van der Waals surface area contributed by atoms with Crippen LogP contribution in [-0.4, -0.2) is 33.0 Å². The number of nitrogens with one attached hydrogen (secondary N) is 1. The summed E-state index contributed by atoms with van der Waals surface area (Å²) in [6.07, 6.45) is 4.35. The van der Waals surface area contributed by atoms with E-state index in [-0.39, 0.29) is 11.9 Å². The summed E-state index contributed by atoms with van der Waals surface area (Å²) in [6, 6.07) is 3.82. The van der Waals surface area contributed by atoms with Crippen LogP contribution in [0.2, 0.25) is 0 Å². The Morgan fingerprint density at radius 2 is 1.92 bits per heavy atom. The van der Waals surface area contributed by atoms with Crippen molar-refractivity contribution in [1.82, 2.24) is 4.72 Å². The number of rotatable bonds is 3. The number of hydrogen-bond donors (Lipinski definition) is 3. The molecule has 0 aromatic heterocycles. The second-order valence-electron chi connectivity index (χ2n) is 6.14. The lowest BCUT2D eigenvalue weighted by atomic mass is 9.87. The lowest BCUT2D eigenvalue weighted by Crippen LogP contribution is -2.58. The summed E-state index contributed by atoms with van der Waals surface area (Å²) in [6.45, 7) is 0. The predicted octanol–water partition coefficient (Wildman–Crippen LogP) is 0.844. The fourth-order valence-electron chi connectivity index (χ4n) is 3.44. The van der Waals surface area contributed by atoms with Gasteiger partial charge in [0.2, 0.25) is 21.9 Å². The molecule has 1 aliphatic carbocycles. The van der Waals surface area contributed by atoms with Crippen molar-refractivity contribution in [1.29, 1.82) is 0 Å². The molecule has 0 atom stereocenters. The van der Waals surface area contributed by atoms with Crippen molar-refractivity contribution >= 4 is 27.6 Å². The van der Waals surface area contributed by atoms with E-state index in [0.717, 1.165) is 25.3 Å². The summed E-state index contributed by atoms with van der Waals surface area (Å²) in [5, 5.41) is 0. The Kier molecular flexibility index (Phi) is 4.41. The summed E-state index contributed by atoms with van der Waals surface area (Å²) in [5.74, 6) is -0.624. The van der Waals surface area contributed by atoms with Crippen LogP contribution in [0.4, 0.5) is 10.1 Å². The van der Waals surface area contributed by atoms with Gasteiger partial charge in [-0.05, 0) is 50.9 Å². The molecule has 1 aromatic rings. The topological polar surface area (TPSA) is 126 Å². The fourth-order valence-corrected chi connectivity index (χ4v) is 4.26. The zero-order valence-corrected chi connectivity index (χ0v) is 14.7. The highest BCUT2D eigenvalue weighted by molar-refractivity contribution is 7.89. The molecule has 1 spiro atoms. The van der Waals surface area contributed by atoms with Crippen LogP contribution in [0.1, 0.15) is 32.1 Å². The molecule has 0 bridgehead atoms. The van der Waals surface area contributed by atoms with Gasteiger partial charge >= 0.3 is 0 Å². The highest BCUT2D eigenvalue weighted by Crippen LogP contribution is 2.40. The summed E-state index contributed by atoms with van der Waals surface area (Å²) in [5.41, 5.74) is 11.6. The first-order chi connectivity index (χ1) is 11.8. The molecule has 8 nitrogen and oxygen atoms in total. The summed E-state index contributed by atoms with van der Waals surface area (Å²) in [7, 11) is -2.73. The summed E-state index contributed by atoms with van der Waals surface area (Å²) in [4.78, 5) is 9.74. The van der Waals surface area contributed by atoms with E-state index in [4.69, 9.17) is 11.5 Å². The number of aliphatic imine (C=N–C) groups is 2. The van der Waals surface area contributed by atoms with Crippen molar-refractivity contribution in [3.05, 3.63) is 24.0 Å². The zero-order valence-electron chi connectivity index (χ0n) is 13.9. The zero-order chi connectivity index (χ0) is 18.2. The molecule has 5 N–H and O–H groups in total. The van der Waals surface area contributed by atoms with E-state index in [1.54, 1.807) is 4.90 Å². The van der Waals surface area contributed by atoms with Crippen molar-refractivity contribution in [2.75, 3.05) is 11.9 Å². The molecule has 0 radical (unpaired) electrons. The Labute approximate surface area is 145 Å². The van der Waals surface area contributed by atoms with Gasteiger partial charge in [-0.2, -0.15) is 4.99 Å². The van der Waals surface area contributed by atoms with E-state index >= 15 is 0 Å². The van der Waals surface area contributed by atoms with Crippen LogP contribution >= 0.6 is 0 Å². The lowest BCUT2D eigenvalue weighted by molar-refractivity contribution is 0.305. The van der Waals surface area contributed by atoms with Gasteiger partial charge in [-0.3, -0.25) is 4.90 Å². The molecule has 1 heterocycles. The highest BCUT2D eigenvalue weighted by Gasteiger charge is 2.42. The second-order valence-corrected chi connectivity index (χ2v) is 8.00. The first kappa shape index (κ1) is 17.6. The standard InChI is InChI=1S/C15H21FN6O2S/c1-19-25(23,24)12-9-10(5-6-11(12)16)22-14(18)20-13(17)21-15(22)7-3-2-4-8-15/h5-6,9,19H,2-4,7-8H2,1H3,(H4,17,18,20,21). The number of guanidine groups is 2. The Balaban J connectivity index is 2.14. The molecular weight excluding hydrogens is 347 g/mol. The number of nitrogens with zero attached hydrogens (tertiary/aromatic N) is 3. The number of halogens is 1. The maximum Gasteiger partial charge on any atom is 0.243 e. The van der Waals surface area contributed by atoms with E-state index < -0.39 is 26.4 Å². The van der Waals surface area contributed by atoms with Crippen molar-refractivity contribution in [2.45, 2.75) is 42.7 Å². The van der Waals surface area contributed by atoms with Crippen LogP contribution in [0.15, 0.2) is 33.1 Å². The Morgan fingerprint density at radius 3 is 2.56 bits per heavy atom. The van der Waals surface area contributed by atoms with Gasteiger partial charge in [-0.1, -0.05) is 6.42 Å². The minimum atomic E-state index is -3.95. The number of benzene rings is 1. The molecule has 10 heteroatoms. The molecule has 2 aliphatic rings. The molecule has 25 heavy (non-hydrogen) atoms. The van der Waals surface area contributed by atoms with Gasteiger partial charge in [0.1, 0.15) is 16.4 Å². The third-order valence-electron chi connectivity index (χ3n) is 4.58. The average molecular weight is 368 g/mol. The van der Waals surface area contributed by atoms with Crippen LogP contribution in [0.25, 0.3) is 0 Å². The number of hydrogen-bond acceptors (Lipinski definition) is 7. The van der Waals surface area contributed by atoms with Crippen molar-refractivity contribution in [3.63, 3.8) is 0 Å². The third-order valence-corrected chi connectivity index (χ3v) is 6.01. The van der Waals surface area contributed by atoms with Gasteiger partial charge in [0.25, 0.3) is 0 Å². The molecular formula is C15H21FN6O2S. The Bertz CT molecular complexity index is 846. The van der Waals surface area contributed by atoms with E-state index in [1.807, 2.05) is 0 Å². The number of anilines is 1. The molecule has 1 aromatic carbocycles. The maximum absolute atomic E-state index is 14.1. The van der Waals surface area contributed by atoms with Crippen LogP contribution in [0.5, 0.6) is 0 Å². The Morgan fingerprint density at radius 1 is 1.24 bits per heavy atom. The first-order valence-electron chi connectivity index (χ1n) is 8.02. The lowest BCUT2D eigenvalue weighted by Gasteiger charge is -2.45. The normalized spacial score (nSPS) is 20.3. The van der Waals surface area contributed by atoms with Gasteiger partial charge in [0, 0.05) is 5.69 Å². The number of nitrogens with two attached hydrogens (primary N) is 2. The van der Waals surface area contributed by atoms with Crippen molar-refractivity contribution < 1.29 is 12.8 Å². The quantitative estimate of drug-likeness (QED) is 0.729. The molecule has 136 valence electrons. The molecule has 1 fully saturated rings. The van der Waals surface area contributed by atoms with Crippen LogP contribution in [0, 0.1) is 5.82 Å². The minimum absolute atomic E-state index is 0.0980. The van der Waals surface area contributed by atoms with Crippen molar-refractivity contribution in [2.24, 2.45) is 21.5 Å². The smallest absolute Gasteiger partial charge is 0.243 e. The van der Waals surface area contributed by atoms with Gasteiger partial charge in [-0.25, -0.2) is 22.5 Å². The number of sulfonamides is 1. The molecule has 1 saturated carbocycles. The minimum Gasteiger partial charge on any atom is -0.369 e. The van der Waals surface area contributed by atoms with Gasteiger partial charge in [-0.15, -0.1) is 0 Å². The predicted molar refractivity (Wildman–Crippen MR) is 94.2 cm³/mol. The molecule has 0 saturated heterocycles.